The van der Waals surface area contributed by atoms with Crippen LogP contribution in [0.4, 0.5) is 4.79 Å². The van der Waals surface area contributed by atoms with Gasteiger partial charge in [-0.1, -0.05) is 48.6 Å². The van der Waals surface area contributed by atoms with E-state index in [1.165, 1.54) is 4.57 Å². The molecule has 1 aromatic heterocycles. The van der Waals surface area contributed by atoms with Crippen LogP contribution in [-0.2, 0) is 4.74 Å². The van der Waals surface area contributed by atoms with Gasteiger partial charge in [-0.2, -0.15) is 0 Å². The van der Waals surface area contributed by atoms with Crippen molar-refractivity contribution in [2.75, 3.05) is 0 Å². The van der Waals surface area contributed by atoms with E-state index in [9.17, 15) is 9.59 Å². The van der Waals surface area contributed by atoms with Crippen LogP contribution in [0.3, 0.4) is 0 Å². The van der Waals surface area contributed by atoms with Crippen LogP contribution in [0.1, 0.15) is 32.3 Å². The molecule has 1 aromatic carbocycles. The third kappa shape index (κ3) is 3.63. The maximum atomic E-state index is 12.9. The Balaban J connectivity index is 2.21. The fourth-order valence-electron chi connectivity index (χ4n) is 2.77. The van der Waals surface area contributed by atoms with Gasteiger partial charge in [0.05, 0.1) is 5.52 Å². The van der Waals surface area contributed by atoms with E-state index in [0.29, 0.717) is 16.5 Å². The van der Waals surface area contributed by atoms with Crippen LogP contribution < -0.4 is 5.43 Å². The first-order valence-electron chi connectivity index (χ1n) is 8.26. The highest BCUT2D eigenvalue weighted by Gasteiger charge is 2.21. The number of carbonyl (C=O) groups excluding carboxylic acids is 1. The van der Waals surface area contributed by atoms with Crippen molar-refractivity contribution in [3.8, 4) is 0 Å². The predicted octanol–water partition coefficient (Wildman–Crippen LogP) is 4.55. The molecule has 2 aromatic rings. The molecule has 25 heavy (non-hydrogen) atoms. The Hall–Kier alpha value is -2.88. The van der Waals surface area contributed by atoms with Crippen LogP contribution in [0.25, 0.3) is 10.9 Å². The van der Waals surface area contributed by atoms with Gasteiger partial charge in [0.2, 0.25) is 0 Å². The minimum Gasteiger partial charge on any atom is -0.443 e. The Morgan fingerprint density at radius 2 is 1.68 bits per heavy atom. The van der Waals surface area contributed by atoms with Crippen molar-refractivity contribution in [3.05, 3.63) is 82.7 Å². The van der Waals surface area contributed by atoms with Crippen LogP contribution in [0.2, 0.25) is 0 Å². The average Bonchev–Trinajstić information content (AvgIpc) is 2.83. The maximum absolute atomic E-state index is 12.9. The zero-order chi connectivity index (χ0) is 18.0. The summed E-state index contributed by atoms with van der Waals surface area (Å²) in [6.07, 6.45) is 12.6. The van der Waals surface area contributed by atoms with Crippen LogP contribution in [-0.4, -0.2) is 16.3 Å². The number of aromatic nitrogens is 1. The molecule has 0 radical (unpaired) electrons. The van der Waals surface area contributed by atoms with Gasteiger partial charge in [0.15, 0.2) is 5.43 Å². The highest BCUT2D eigenvalue weighted by molar-refractivity contribution is 5.88. The summed E-state index contributed by atoms with van der Waals surface area (Å²) in [6.45, 7) is 5.46. The quantitative estimate of drug-likeness (QED) is 0.768. The van der Waals surface area contributed by atoms with E-state index in [1.54, 1.807) is 30.5 Å². The van der Waals surface area contributed by atoms with Crippen LogP contribution in [0, 0.1) is 0 Å². The topological polar surface area (TPSA) is 48.3 Å². The molecule has 1 heterocycles. The molecule has 4 heteroatoms. The Bertz CT molecular complexity index is 939. The first-order chi connectivity index (χ1) is 11.9. The summed E-state index contributed by atoms with van der Waals surface area (Å²) >= 11 is 0. The molecule has 0 bridgehead atoms. The Labute approximate surface area is 146 Å². The zero-order valence-corrected chi connectivity index (χ0v) is 14.6. The molecule has 0 aliphatic heterocycles. The Morgan fingerprint density at radius 1 is 1.04 bits per heavy atom. The van der Waals surface area contributed by atoms with Gasteiger partial charge in [-0.05, 0) is 32.9 Å². The van der Waals surface area contributed by atoms with Gasteiger partial charge < -0.3 is 4.74 Å². The molecule has 1 aliphatic rings. The summed E-state index contributed by atoms with van der Waals surface area (Å²) in [6, 6.07) is 7.10. The largest absolute Gasteiger partial charge is 0.443 e. The van der Waals surface area contributed by atoms with Gasteiger partial charge in [0.1, 0.15) is 5.60 Å². The number of rotatable bonds is 1. The number of allylic oxidation sites excluding steroid dienone is 6. The van der Waals surface area contributed by atoms with Crippen molar-refractivity contribution in [2.24, 2.45) is 0 Å². The molecule has 128 valence electrons. The smallest absolute Gasteiger partial charge is 0.419 e. The van der Waals surface area contributed by atoms with E-state index in [4.69, 9.17) is 4.74 Å². The lowest BCUT2D eigenvalue weighted by molar-refractivity contribution is 0.0543. The number of benzene rings is 1. The van der Waals surface area contributed by atoms with Crippen molar-refractivity contribution < 1.29 is 9.53 Å². The van der Waals surface area contributed by atoms with Gasteiger partial charge in [-0.15, -0.1) is 0 Å². The summed E-state index contributed by atoms with van der Waals surface area (Å²) in [5, 5.41) is 0.505. The number of ether oxygens (including phenoxy) is 1. The second kappa shape index (κ2) is 6.55. The van der Waals surface area contributed by atoms with Crippen molar-refractivity contribution in [1.82, 2.24) is 4.57 Å². The zero-order valence-electron chi connectivity index (χ0n) is 14.6. The number of para-hydroxylation sites is 1. The SMILES string of the molecule is CC(C)(C)OC(=O)n1cc(C2C=CC=CC=C2)c(=O)c2ccccc21. The summed E-state index contributed by atoms with van der Waals surface area (Å²) in [5.74, 6) is -0.194. The predicted molar refractivity (Wildman–Crippen MR) is 100 cm³/mol. The summed E-state index contributed by atoms with van der Waals surface area (Å²) in [7, 11) is 0. The van der Waals surface area contributed by atoms with Gasteiger partial charge in [0, 0.05) is 23.1 Å². The summed E-state index contributed by atoms with van der Waals surface area (Å²) in [4.78, 5) is 25.6. The molecule has 3 rings (SSSR count). The van der Waals surface area contributed by atoms with Crippen LogP contribution >= 0.6 is 0 Å². The average molecular weight is 335 g/mol. The fourth-order valence-corrected chi connectivity index (χ4v) is 2.77. The summed E-state index contributed by atoms with van der Waals surface area (Å²) in [5.41, 5.74) is 0.399. The van der Waals surface area contributed by atoms with Crippen molar-refractivity contribution >= 4 is 17.0 Å². The third-order valence-corrected chi connectivity index (χ3v) is 3.86. The van der Waals surface area contributed by atoms with Gasteiger partial charge in [0.25, 0.3) is 0 Å². The maximum Gasteiger partial charge on any atom is 0.419 e. The second-order valence-electron chi connectivity index (χ2n) is 6.96. The number of nitrogens with zero attached hydrogens (tertiary/aromatic N) is 1. The van der Waals surface area contributed by atoms with E-state index in [-0.39, 0.29) is 11.3 Å². The van der Waals surface area contributed by atoms with Gasteiger partial charge in [-0.25, -0.2) is 4.79 Å². The lowest BCUT2D eigenvalue weighted by atomic mass is 9.98. The highest BCUT2D eigenvalue weighted by Crippen LogP contribution is 2.22. The van der Waals surface area contributed by atoms with Gasteiger partial charge in [-0.3, -0.25) is 9.36 Å². The molecule has 0 unspecified atom stereocenters. The molecule has 0 saturated carbocycles. The number of fused-ring (bicyclic) bond motifs is 1. The molecular weight excluding hydrogens is 314 g/mol. The Kier molecular flexibility index (Phi) is 4.45. The monoisotopic (exact) mass is 335 g/mol. The first-order valence-corrected chi connectivity index (χ1v) is 8.26. The van der Waals surface area contributed by atoms with Crippen molar-refractivity contribution in [3.63, 3.8) is 0 Å². The summed E-state index contributed by atoms with van der Waals surface area (Å²) < 4.78 is 6.94. The van der Waals surface area contributed by atoms with E-state index in [0.717, 1.165) is 0 Å². The van der Waals surface area contributed by atoms with Crippen molar-refractivity contribution in [2.45, 2.75) is 32.3 Å². The molecule has 0 saturated heterocycles. The van der Waals surface area contributed by atoms with Crippen LogP contribution in [0.15, 0.2) is 71.7 Å². The minimum absolute atomic E-state index is 0.0726. The minimum atomic E-state index is -0.618. The lowest BCUT2D eigenvalue weighted by Gasteiger charge is -2.22. The normalized spacial score (nSPS) is 14.7. The van der Waals surface area contributed by atoms with E-state index >= 15 is 0 Å². The molecule has 1 aliphatic carbocycles. The number of hydrogen-bond acceptors (Lipinski definition) is 3. The molecule has 4 nitrogen and oxygen atoms in total. The molecule has 0 N–H and O–H groups in total. The number of carbonyl (C=O) groups is 1. The van der Waals surface area contributed by atoms with Crippen molar-refractivity contribution in [1.29, 1.82) is 0 Å². The molecule has 0 amide bonds. The number of pyridine rings is 1. The molecular formula is C21H21NO3. The van der Waals surface area contributed by atoms with E-state index < -0.39 is 11.7 Å². The Morgan fingerprint density at radius 3 is 2.32 bits per heavy atom. The van der Waals surface area contributed by atoms with Gasteiger partial charge >= 0.3 is 6.09 Å². The lowest BCUT2D eigenvalue weighted by Crippen LogP contribution is -2.29. The number of hydrogen-bond donors (Lipinski definition) is 0. The molecule has 0 spiro atoms. The molecule has 0 atom stereocenters. The van der Waals surface area contributed by atoms with E-state index in [2.05, 4.69) is 0 Å². The molecule has 0 fully saturated rings. The second-order valence-corrected chi connectivity index (χ2v) is 6.96. The fraction of sp³-hybridized carbons (Fsp3) is 0.238. The first kappa shape index (κ1) is 17.0. The van der Waals surface area contributed by atoms with E-state index in [1.807, 2.05) is 57.2 Å². The van der Waals surface area contributed by atoms with Crippen LogP contribution in [0.5, 0.6) is 0 Å². The highest BCUT2D eigenvalue weighted by atomic mass is 16.6. The standard InChI is InChI=1S/C21H21NO3/c1-21(2,3)25-20(24)22-14-17(15-10-6-4-5-7-11-15)19(23)16-12-8-9-13-18(16)22/h4-15H,1-3H3. The third-order valence-electron chi connectivity index (χ3n) is 3.86.